The number of fused-ring (bicyclic) bond motifs is 5. The van der Waals surface area contributed by atoms with Crippen LogP contribution in [0.5, 0.6) is 0 Å². The van der Waals surface area contributed by atoms with Gasteiger partial charge < -0.3 is 5.11 Å². The number of allylic oxidation sites excluding steroid dienone is 1. The summed E-state index contributed by atoms with van der Waals surface area (Å²) in [4.78, 5) is 17.3. The van der Waals surface area contributed by atoms with Crippen LogP contribution in [0.15, 0.2) is 11.6 Å². The molecule has 1 unspecified atom stereocenters. The lowest BCUT2D eigenvalue weighted by Gasteiger charge is -2.59. The third kappa shape index (κ3) is 3.87. The molecule has 8 atom stereocenters. The molecule has 0 heterocycles. The molecule has 3 fully saturated rings. The van der Waals surface area contributed by atoms with Gasteiger partial charge in [0.15, 0.2) is 0 Å². The second-order valence-corrected chi connectivity index (χ2v) is 12.3. The van der Waals surface area contributed by atoms with Crippen molar-refractivity contribution in [2.75, 3.05) is 14.2 Å². The van der Waals surface area contributed by atoms with Crippen LogP contribution in [0.1, 0.15) is 98.3 Å². The van der Waals surface area contributed by atoms with E-state index in [-0.39, 0.29) is 5.91 Å². The van der Waals surface area contributed by atoms with Crippen molar-refractivity contribution in [2.24, 2.45) is 40.4 Å². The van der Waals surface area contributed by atoms with Crippen molar-refractivity contribution in [1.29, 1.82) is 0 Å². The van der Waals surface area contributed by atoms with E-state index >= 15 is 0 Å². The highest BCUT2D eigenvalue weighted by Gasteiger charge is 2.59. The lowest BCUT2D eigenvalue weighted by atomic mass is 9.46. The first-order chi connectivity index (χ1) is 15.1. The fraction of sp³-hybridized carbons (Fsp3) is 0.893. The average molecular weight is 446 g/mol. The van der Waals surface area contributed by atoms with Gasteiger partial charge in [0.05, 0.1) is 12.7 Å². The molecule has 0 spiro atoms. The number of rotatable bonds is 6. The van der Waals surface area contributed by atoms with Crippen LogP contribution in [0.4, 0.5) is 0 Å². The summed E-state index contributed by atoms with van der Waals surface area (Å²) in [6.07, 6.45) is 14.6. The predicted molar refractivity (Wildman–Crippen MR) is 129 cm³/mol. The molecule has 0 aromatic heterocycles. The molecule has 4 rings (SSSR count). The molecule has 1 N–H and O–H groups in total. The summed E-state index contributed by atoms with van der Waals surface area (Å²) in [7, 11) is 3.27. The van der Waals surface area contributed by atoms with Gasteiger partial charge in [-0.15, -0.1) is 0 Å². The van der Waals surface area contributed by atoms with Crippen molar-refractivity contribution < 1.29 is 14.7 Å². The lowest BCUT2D eigenvalue weighted by molar-refractivity contribution is -0.169. The molecule has 0 bridgehead atoms. The zero-order chi connectivity index (χ0) is 23.3. The molecule has 4 heteroatoms. The Hall–Kier alpha value is -0.870. The third-order valence-electron chi connectivity index (χ3n) is 11.1. The number of carbonyl (C=O) groups is 1. The summed E-state index contributed by atoms with van der Waals surface area (Å²) in [5.41, 5.74) is 1.81. The Kier molecular flexibility index (Phi) is 6.62. The first kappa shape index (κ1) is 24.3. The SMILES string of the molecule is CC[C@]1(O)CC[C@@]2(C)C(=CCC3[C@@H]4CC[C@H]([C@H](C)CCC(=O)N(C)OC)[C@@]4(C)CC[C@@H]32)C1. The van der Waals surface area contributed by atoms with Crippen molar-refractivity contribution in [1.82, 2.24) is 5.06 Å². The molecule has 4 nitrogen and oxygen atoms in total. The number of hydroxylamine groups is 2. The van der Waals surface area contributed by atoms with Crippen LogP contribution in [0.3, 0.4) is 0 Å². The Labute approximate surface area is 196 Å². The van der Waals surface area contributed by atoms with Crippen LogP contribution >= 0.6 is 0 Å². The van der Waals surface area contributed by atoms with Crippen LogP contribution in [0.2, 0.25) is 0 Å². The molecule has 32 heavy (non-hydrogen) atoms. The van der Waals surface area contributed by atoms with E-state index in [0.29, 0.717) is 23.2 Å². The van der Waals surface area contributed by atoms with E-state index in [9.17, 15) is 9.90 Å². The van der Waals surface area contributed by atoms with Crippen LogP contribution < -0.4 is 0 Å². The Morgan fingerprint density at radius 2 is 1.97 bits per heavy atom. The molecule has 182 valence electrons. The number of nitrogens with zero attached hydrogens (tertiary/aromatic N) is 1. The predicted octanol–water partition coefficient (Wildman–Crippen LogP) is 6.14. The second kappa shape index (κ2) is 8.73. The maximum absolute atomic E-state index is 12.3. The summed E-state index contributed by atoms with van der Waals surface area (Å²) in [5.74, 6) is 3.79. The van der Waals surface area contributed by atoms with Crippen molar-refractivity contribution in [3.8, 4) is 0 Å². The number of hydrogen-bond acceptors (Lipinski definition) is 3. The topological polar surface area (TPSA) is 49.8 Å². The van der Waals surface area contributed by atoms with E-state index in [0.717, 1.165) is 55.8 Å². The van der Waals surface area contributed by atoms with Gasteiger partial charge in [-0.05, 0) is 105 Å². The summed E-state index contributed by atoms with van der Waals surface area (Å²) < 4.78 is 0. The summed E-state index contributed by atoms with van der Waals surface area (Å²) in [6.45, 7) is 9.64. The molecule has 4 aliphatic carbocycles. The van der Waals surface area contributed by atoms with Gasteiger partial charge in [0.1, 0.15) is 0 Å². The highest BCUT2D eigenvalue weighted by atomic mass is 16.7. The summed E-state index contributed by atoms with van der Waals surface area (Å²) in [6, 6.07) is 0. The summed E-state index contributed by atoms with van der Waals surface area (Å²) >= 11 is 0. The minimum atomic E-state index is -0.469. The Balaban J connectivity index is 1.48. The van der Waals surface area contributed by atoms with Gasteiger partial charge in [-0.2, -0.15) is 0 Å². The fourth-order valence-electron chi connectivity index (χ4n) is 8.80. The molecule has 0 aromatic rings. The molecular formula is C28H47NO3. The van der Waals surface area contributed by atoms with E-state index in [1.807, 2.05) is 0 Å². The number of hydrogen-bond donors (Lipinski definition) is 1. The van der Waals surface area contributed by atoms with E-state index in [1.54, 1.807) is 19.7 Å². The van der Waals surface area contributed by atoms with Crippen LogP contribution in [-0.4, -0.2) is 35.8 Å². The minimum Gasteiger partial charge on any atom is -0.390 e. The number of carbonyl (C=O) groups excluding carboxylic acids is 1. The normalized spacial score (nSPS) is 44.2. The Morgan fingerprint density at radius 1 is 1.22 bits per heavy atom. The molecule has 0 radical (unpaired) electrons. The minimum absolute atomic E-state index is 0.0879. The van der Waals surface area contributed by atoms with Crippen LogP contribution in [-0.2, 0) is 9.63 Å². The molecule has 4 aliphatic rings. The second-order valence-electron chi connectivity index (χ2n) is 12.3. The Bertz CT molecular complexity index is 749. The van der Waals surface area contributed by atoms with Gasteiger partial charge in [0.2, 0.25) is 5.91 Å². The van der Waals surface area contributed by atoms with E-state index < -0.39 is 5.60 Å². The van der Waals surface area contributed by atoms with E-state index in [2.05, 4.69) is 33.8 Å². The highest BCUT2D eigenvalue weighted by Crippen LogP contribution is 2.67. The lowest BCUT2D eigenvalue weighted by Crippen LogP contribution is -2.52. The van der Waals surface area contributed by atoms with Gasteiger partial charge in [-0.1, -0.05) is 39.3 Å². The monoisotopic (exact) mass is 445 g/mol. The number of amides is 1. The molecule has 3 saturated carbocycles. The molecule has 0 aromatic carbocycles. The molecule has 1 amide bonds. The maximum atomic E-state index is 12.3. The maximum Gasteiger partial charge on any atom is 0.245 e. The van der Waals surface area contributed by atoms with Crippen molar-refractivity contribution in [3.63, 3.8) is 0 Å². The average Bonchev–Trinajstić information content (AvgIpc) is 3.14. The van der Waals surface area contributed by atoms with Gasteiger partial charge in [0.25, 0.3) is 0 Å². The quantitative estimate of drug-likeness (QED) is 0.394. The van der Waals surface area contributed by atoms with Crippen LogP contribution in [0, 0.1) is 40.4 Å². The highest BCUT2D eigenvalue weighted by molar-refractivity contribution is 5.74. The molecular weight excluding hydrogens is 398 g/mol. The van der Waals surface area contributed by atoms with Crippen molar-refractivity contribution >= 4 is 5.91 Å². The van der Waals surface area contributed by atoms with E-state index in [1.165, 1.54) is 37.2 Å². The Morgan fingerprint density at radius 3 is 2.66 bits per heavy atom. The zero-order valence-electron chi connectivity index (χ0n) is 21.5. The van der Waals surface area contributed by atoms with Crippen molar-refractivity contribution in [3.05, 3.63) is 11.6 Å². The first-order valence-electron chi connectivity index (χ1n) is 13.3. The zero-order valence-corrected chi connectivity index (χ0v) is 21.5. The smallest absolute Gasteiger partial charge is 0.245 e. The molecule has 0 aliphatic heterocycles. The van der Waals surface area contributed by atoms with Gasteiger partial charge in [-0.25, -0.2) is 5.06 Å². The fourth-order valence-corrected chi connectivity index (χ4v) is 8.80. The molecule has 0 saturated heterocycles. The number of aliphatic hydroxyl groups is 1. The van der Waals surface area contributed by atoms with Gasteiger partial charge in [0, 0.05) is 13.5 Å². The van der Waals surface area contributed by atoms with E-state index in [4.69, 9.17) is 4.84 Å². The van der Waals surface area contributed by atoms with Gasteiger partial charge >= 0.3 is 0 Å². The third-order valence-corrected chi connectivity index (χ3v) is 11.1. The van der Waals surface area contributed by atoms with Crippen molar-refractivity contribution in [2.45, 2.75) is 104 Å². The largest absolute Gasteiger partial charge is 0.390 e. The first-order valence-corrected chi connectivity index (χ1v) is 13.3. The summed E-state index contributed by atoms with van der Waals surface area (Å²) in [5, 5.41) is 12.3. The van der Waals surface area contributed by atoms with Crippen LogP contribution in [0.25, 0.3) is 0 Å². The standard InChI is InChI=1S/C28H47NO3/c1-7-28(31)17-16-26(3)20(18-28)9-10-21-23-12-11-22(27(23,4)15-14-24(21)26)19(2)8-13-25(30)29(5)32-6/h9,19,21-24,31H,7-8,10-18H2,1-6H3/t19-,21?,22-,23+,24+,26+,27-,28+/m1/s1. The van der Waals surface area contributed by atoms with Gasteiger partial charge in [-0.3, -0.25) is 9.63 Å².